The summed E-state index contributed by atoms with van der Waals surface area (Å²) in [6.07, 6.45) is 5.62. The molecule has 1 fully saturated rings. The molecule has 0 atom stereocenters. The molecule has 266 valence electrons. The number of anilines is 2. The molecule has 3 rings (SSSR count). The van der Waals surface area contributed by atoms with Crippen LogP contribution in [0.5, 0.6) is 5.75 Å². The number of carbonyl (C=O) groups excluding carboxylic acids is 4. The number of likely N-dealkylation sites (N-methyl/N-ethyl adjacent to an activating group) is 2. The van der Waals surface area contributed by atoms with Gasteiger partial charge in [0, 0.05) is 64.5 Å². The van der Waals surface area contributed by atoms with Crippen LogP contribution in [-0.4, -0.2) is 114 Å². The minimum absolute atomic E-state index is 0.0862. The summed E-state index contributed by atoms with van der Waals surface area (Å²) in [7, 11) is 1.50. The maximum Gasteiger partial charge on any atom is 0.323 e. The van der Waals surface area contributed by atoms with Gasteiger partial charge in [-0.15, -0.1) is 0 Å². The fraction of sp³-hybridized carbons (Fsp3) is 0.472. The number of likely N-dealkylation sites (tertiary alicyclic amines) is 1. The van der Waals surface area contributed by atoms with Crippen LogP contribution in [0.1, 0.15) is 50.7 Å². The zero-order valence-electron chi connectivity index (χ0n) is 29.1. The number of carboxylic acid groups (broad SMARTS) is 1. The molecule has 0 radical (unpaired) electrons. The van der Waals surface area contributed by atoms with Crippen molar-refractivity contribution in [1.29, 1.82) is 0 Å². The van der Waals surface area contributed by atoms with Crippen LogP contribution in [0.3, 0.4) is 0 Å². The molecule has 1 aliphatic heterocycles. The molecule has 0 aromatic heterocycles. The van der Waals surface area contributed by atoms with E-state index in [4.69, 9.17) is 4.74 Å². The minimum Gasteiger partial charge on any atom is -0.495 e. The molecule has 0 unspecified atom stereocenters. The van der Waals surface area contributed by atoms with Crippen LogP contribution < -0.4 is 15.4 Å². The second-order valence-electron chi connectivity index (χ2n) is 11.8. The number of nitrogens with one attached hydrogen (secondary N) is 2. The van der Waals surface area contributed by atoms with E-state index in [-0.39, 0.29) is 37.2 Å². The molecule has 3 N–H and O–H groups in total. The van der Waals surface area contributed by atoms with Gasteiger partial charge >= 0.3 is 18.0 Å². The molecule has 1 aliphatic rings. The van der Waals surface area contributed by atoms with Gasteiger partial charge in [0.1, 0.15) is 5.75 Å². The SMILES string of the molecule is CCN(C/C=C/CN(CC)C(=O)N(CCCN1CCCC1=O)CCC(=O)O)C(=O)Cc1ccc(NC(=O)Nc2ccccc2C)c(OC)c1. The first-order chi connectivity index (χ1) is 23.6. The zero-order chi connectivity index (χ0) is 35.8. The smallest absolute Gasteiger partial charge is 0.323 e. The summed E-state index contributed by atoms with van der Waals surface area (Å²) in [5, 5.41) is 14.8. The average Bonchev–Trinajstić information content (AvgIpc) is 3.49. The number of hydrogen-bond donors (Lipinski definition) is 3. The standard InChI is InChI=1S/C36H50N6O7/c1-5-39(33(44)26-28-16-17-30(31(25-28)49-4)38-35(47)37-29-14-8-7-13-27(29)3)19-9-10-20-40(6-2)36(48)42(24-18-34(45)46)23-12-22-41-21-11-15-32(41)43/h7-10,13-14,16-17,25H,5-6,11-12,15,18-24,26H2,1-4H3,(H,45,46)(H2,37,38,47)/b10-9+. The van der Waals surface area contributed by atoms with E-state index in [9.17, 15) is 29.1 Å². The summed E-state index contributed by atoms with van der Waals surface area (Å²) >= 11 is 0. The molecule has 1 saturated heterocycles. The van der Waals surface area contributed by atoms with Crippen LogP contribution in [-0.2, 0) is 20.8 Å². The average molecular weight is 679 g/mol. The van der Waals surface area contributed by atoms with E-state index >= 15 is 0 Å². The number of aryl methyl sites for hydroxylation is 1. The number of aliphatic carboxylic acids is 1. The number of carboxylic acids is 1. The van der Waals surface area contributed by atoms with E-state index in [1.165, 1.54) is 7.11 Å². The molecular formula is C36H50N6O7. The Hall–Kier alpha value is -5.07. The molecule has 0 bridgehead atoms. The lowest BCUT2D eigenvalue weighted by atomic mass is 10.1. The number of nitrogens with zero attached hydrogens (tertiary/aromatic N) is 4. The first kappa shape index (κ1) is 38.4. The highest BCUT2D eigenvalue weighted by molar-refractivity contribution is 6.01. The molecule has 1 heterocycles. The van der Waals surface area contributed by atoms with Crippen molar-refractivity contribution in [3.8, 4) is 5.75 Å². The number of ether oxygens (including phenoxy) is 1. The van der Waals surface area contributed by atoms with Crippen molar-refractivity contribution in [3.63, 3.8) is 0 Å². The van der Waals surface area contributed by atoms with E-state index in [1.54, 1.807) is 37.8 Å². The second kappa shape index (κ2) is 19.7. The Morgan fingerprint density at radius 2 is 1.63 bits per heavy atom. The topological polar surface area (TPSA) is 152 Å². The first-order valence-corrected chi connectivity index (χ1v) is 16.8. The number of benzene rings is 2. The maximum absolute atomic E-state index is 13.3. The summed E-state index contributed by atoms with van der Waals surface area (Å²) < 4.78 is 5.49. The van der Waals surface area contributed by atoms with Crippen molar-refractivity contribution in [1.82, 2.24) is 19.6 Å². The van der Waals surface area contributed by atoms with Gasteiger partial charge in [0.05, 0.1) is 25.6 Å². The Balaban J connectivity index is 1.53. The summed E-state index contributed by atoms with van der Waals surface area (Å²) in [6, 6.07) is 12.0. The number of para-hydroxylation sites is 1. The fourth-order valence-corrected chi connectivity index (χ4v) is 5.50. The van der Waals surface area contributed by atoms with Gasteiger partial charge in [0.25, 0.3) is 0 Å². The van der Waals surface area contributed by atoms with Crippen molar-refractivity contribution in [2.24, 2.45) is 0 Å². The summed E-state index contributed by atoms with van der Waals surface area (Å²) in [5.41, 5.74) is 2.83. The van der Waals surface area contributed by atoms with E-state index in [1.807, 2.05) is 57.2 Å². The molecule has 6 amide bonds. The molecule has 0 aliphatic carbocycles. The molecule has 0 saturated carbocycles. The third kappa shape index (κ3) is 12.2. The van der Waals surface area contributed by atoms with Crippen LogP contribution in [0.2, 0.25) is 0 Å². The van der Waals surface area contributed by atoms with Crippen LogP contribution in [0.4, 0.5) is 21.0 Å². The molecular weight excluding hydrogens is 628 g/mol. The van der Waals surface area contributed by atoms with E-state index in [0.717, 1.165) is 24.1 Å². The van der Waals surface area contributed by atoms with Gasteiger partial charge in [-0.25, -0.2) is 9.59 Å². The number of carbonyl (C=O) groups is 5. The molecule has 13 heteroatoms. The van der Waals surface area contributed by atoms with Gasteiger partial charge in [0.2, 0.25) is 11.8 Å². The lowest BCUT2D eigenvalue weighted by Crippen LogP contribution is -2.45. The predicted octanol–water partition coefficient (Wildman–Crippen LogP) is 4.83. The van der Waals surface area contributed by atoms with Crippen molar-refractivity contribution >= 4 is 41.2 Å². The lowest BCUT2D eigenvalue weighted by Gasteiger charge is -2.30. The van der Waals surface area contributed by atoms with Gasteiger partial charge in [0.15, 0.2) is 0 Å². The van der Waals surface area contributed by atoms with Gasteiger partial charge in [-0.2, -0.15) is 0 Å². The Morgan fingerprint density at radius 3 is 2.27 bits per heavy atom. The number of hydrogen-bond acceptors (Lipinski definition) is 6. The van der Waals surface area contributed by atoms with Crippen LogP contribution in [0.15, 0.2) is 54.6 Å². The molecule has 49 heavy (non-hydrogen) atoms. The Kier molecular flexibility index (Phi) is 15.4. The number of rotatable bonds is 18. The fourth-order valence-electron chi connectivity index (χ4n) is 5.50. The summed E-state index contributed by atoms with van der Waals surface area (Å²) in [5.74, 6) is -0.521. The largest absolute Gasteiger partial charge is 0.495 e. The van der Waals surface area contributed by atoms with Crippen molar-refractivity contribution < 1.29 is 33.8 Å². The Bertz CT molecular complexity index is 1480. The zero-order valence-corrected chi connectivity index (χ0v) is 29.1. The monoisotopic (exact) mass is 678 g/mol. The molecule has 2 aromatic carbocycles. The van der Waals surface area contributed by atoms with Crippen LogP contribution in [0.25, 0.3) is 0 Å². The Labute approximate surface area is 288 Å². The van der Waals surface area contributed by atoms with Crippen LogP contribution in [0, 0.1) is 6.92 Å². The predicted molar refractivity (Wildman–Crippen MR) is 189 cm³/mol. The maximum atomic E-state index is 13.3. The lowest BCUT2D eigenvalue weighted by molar-refractivity contribution is -0.137. The third-order valence-corrected chi connectivity index (χ3v) is 8.36. The normalized spacial score (nSPS) is 12.6. The van der Waals surface area contributed by atoms with Crippen LogP contribution >= 0.6 is 0 Å². The summed E-state index contributed by atoms with van der Waals surface area (Å²) in [6.45, 7) is 8.93. The van der Waals surface area contributed by atoms with Gasteiger partial charge in [-0.3, -0.25) is 14.4 Å². The van der Waals surface area contributed by atoms with Gasteiger partial charge in [-0.1, -0.05) is 36.4 Å². The number of urea groups is 2. The highest BCUT2D eigenvalue weighted by atomic mass is 16.5. The number of methoxy groups -OCH3 is 1. The first-order valence-electron chi connectivity index (χ1n) is 16.8. The van der Waals surface area contributed by atoms with Gasteiger partial charge < -0.3 is 40.1 Å². The summed E-state index contributed by atoms with van der Waals surface area (Å²) in [4.78, 5) is 69.0. The third-order valence-electron chi connectivity index (χ3n) is 8.36. The van der Waals surface area contributed by atoms with Crippen molar-refractivity contribution in [2.45, 2.75) is 52.9 Å². The van der Waals surface area contributed by atoms with E-state index < -0.39 is 12.0 Å². The van der Waals surface area contributed by atoms with Gasteiger partial charge in [-0.05, 0) is 62.9 Å². The quantitative estimate of drug-likeness (QED) is 0.191. The minimum atomic E-state index is -0.979. The second-order valence-corrected chi connectivity index (χ2v) is 11.8. The highest BCUT2D eigenvalue weighted by Gasteiger charge is 2.23. The highest BCUT2D eigenvalue weighted by Crippen LogP contribution is 2.26. The molecule has 0 spiro atoms. The van der Waals surface area contributed by atoms with Crippen molar-refractivity contribution in [2.75, 3.05) is 70.1 Å². The van der Waals surface area contributed by atoms with Crippen molar-refractivity contribution in [3.05, 3.63) is 65.7 Å². The Morgan fingerprint density at radius 1 is 0.939 bits per heavy atom. The van der Waals surface area contributed by atoms with E-state index in [2.05, 4.69) is 10.6 Å². The van der Waals surface area contributed by atoms with E-state index in [0.29, 0.717) is 69.2 Å². The number of amides is 6. The molecule has 2 aromatic rings. The molecule has 13 nitrogen and oxygen atoms in total.